The van der Waals surface area contributed by atoms with Crippen LogP contribution in [-0.2, 0) is 11.2 Å². The van der Waals surface area contributed by atoms with Crippen molar-refractivity contribution in [3.05, 3.63) is 74.2 Å². The van der Waals surface area contributed by atoms with Crippen LogP contribution >= 0.6 is 15.9 Å². The number of hydrazone groups is 1. The maximum absolute atomic E-state index is 11.8. The van der Waals surface area contributed by atoms with Crippen LogP contribution in [0.15, 0.2) is 58.1 Å². The molecule has 112 valence electrons. The summed E-state index contributed by atoms with van der Waals surface area (Å²) < 4.78 is 0.949. The Morgan fingerprint density at radius 2 is 1.91 bits per heavy atom. The zero-order valence-electron chi connectivity index (χ0n) is 11.4. The number of hydrogen-bond acceptors (Lipinski definition) is 4. The van der Waals surface area contributed by atoms with Crippen molar-refractivity contribution in [2.45, 2.75) is 6.42 Å². The number of para-hydroxylation sites is 1. The molecule has 0 aliphatic carbocycles. The summed E-state index contributed by atoms with van der Waals surface area (Å²) in [4.78, 5) is 22.1. The van der Waals surface area contributed by atoms with Gasteiger partial charge in [-0.3, -0.25) is 14.9 Å². The number of nitro benzene ring substituents is 1. The average Bonchev–Trinajstić information content (AvgIpc) is 2.49. The third-order valence-corrected chi connectivity index (χ3v) is 3.34. The van der Waals surface area contributed by atoms with Crippen LogP contribution in [0.5, 0.6) is 0 Å². The number of halogens is 1. The lowest BCUT2D eigenvalue weighted by atomic mass is 10.1. The monoisotopic (exact) mass is 361 g/mol. The second-order valence-corrected chi connectivity index (χ2v) is 5.32. The van der Waals surface area contributed by atoms with E-state index in [9.17, 15) is 14.9 Å². The first-order valence-corrected chi connectivity index (χ1v) is 7.15. The first-order valence-electron chi connectivity index (χ1n) is 6.36. The largest absolute Gasteiger partial charge is 0.273 e. The normalized spacial score (nSPS) is 10.6. The number of amides is 1. The molecule has 0 fully saturated rings. The molecule has 0 atom stereocenters. The van der Waals surface area contributed by atoms with E-state index in [0.717, 1.165) is 10.0 Å². The van der Waals surface area contributed by atoms with E-state index in [1.54, 1.807) is 18.2 Å². The Labute approximate surface area is 135 Å². The van der Waals surface area contributed by atoms with Crippen LogP contribution in [0.25, 0.3) is 0 Å². The van der Waals surface area contributed by atoms with E-state index >= 15 is 0 Å². The molecule has 0 aliphatic heterocycles. The highest BCUT2D eigenvalue weighted by molar-refractivity contribution is 9.10. The Bertz CT molecular complexity index is 714. The van der Waals surface area contributed by atoms with Crippen LogP contribution in [0.1, 0.15) is 11.1 Å². The molecule has 22 heavy (non-hydrogen) atoms. The van der Waals surface area contributed by atoms with Gasteiger partial charge in [0.15, 0.2) is 0 Å². The average molecular weight is 362 g/mol. The summed E-state index contributed by atoms with van der Waals surface area (Å²) in [7, 11) is 0. The van der Waals surface area contributed by atoms with Crippen LogP contribution in [0.4, 0.5) is 5.69 Å². The van der Waals surface area contributed by atoms with Gasteiger partial charge in [0.25, 0.3) is 5.69 Å². The van der Waals surface area contributed by atoms with Crippen LogP contribution < -0.4 is 5.43 Å². The SMILES string of the molecule is O=C(Cc1ccccc1[N+](=O)[O-])NN=Cc1ccc(Br)cc1. The molecule has 2 aromatic rings. The van der Waals surface area contributed by atoms with E-state index in [-0.39, 0.29) is 12.1 Å². The zero-order chi connectivity index (χ0) is 15.9. The Balaban J connectivity index is 1.96. The molecule has 2 rings (SSSR count). The molecule has 0 heterocycles. The smallest absolute Gasteiger partial charge is 0.273 e. The van der Waals surface area contributed by atoms with Crippen molar-refractivity contribution in [1.82, 2.24) is 5.43 Å². The van der Waals surface area contributed by atoms with E-state index in [1.807, 2.05) is 24.3 Å². The Morgan fingerprint density at radius 3 is 2.59 bits per heavy atom. The second kappa shape index (κ2) is 7.46. The fourth-order valence-electron chi connectivity index (χ4n) is 1.78. The van der Waals surface area contributed by atoms with Gasteiger partial charge in [-0.05, 0) is 17.7 Å². The Kier molecular flexibility index (Phi) is 5.37. The number of nitro groups is 1. The minimum Gasteiger partial charge on any atom is -0.273 e. The van der Waals surface area contributed by atoms with Crippen molar-refractivity contribution in [3.63, 3.8) is 0 Å². The summed E-state index contributed by atoms with van der Waals surface area (Å²) in [6, 6.07) is 13.5. The molecule has 0 unspecified atom stereocenters. The molecular formula is C15H12BrN3O3. The lowest BCUT2D eigenvalue weighted by molar-refractivity contribution is -0.385. The highest BCUT2D eigenvalue weighted by Gasteiger charge is 2.14. The molecule has 6 nitrogen and oxygen atoms in total. The number of hydrogen-bond donors (Lipinski definition) is 1. The minimum atomic E-state index is -0.506. The molecule has 0 radical (unpaired) electrons. The molecule has 0 aromatic heterocycles. The maximum Gasteiger partial charge on any atom is 0.273 e. The van der Waals surface area contributed by atoms with E-state index in [1.165, 1.54) is 12.3 Å². The lowest BCUT2D eigenvalue weighted by Gasteiger charge is -2.01. The predicted molar refractivity (Wildman–Crippen MR) is 86.7 cm³/mol. The van der Waals surface area contributed by atoms with Gasteiger partial charge in [0, 0.05) is 16.1 Å². The van der Waals surface area contributed by atoms with Crippen LogP contribution in [0.3, 0.4) is 0 Å². The van der Waals surface area contributed by atoms with Crippen molar-refractivity contribution in [2.24, 2.45) is 5.10 Å². The van der Waals surface area contributed by atoms with Crippen LogP contribution in [0, 0.1) is 10.1 Å². The second-order valence-electron chi connectivity index (χ2n) is 4.41. The molecule has 7 heteroatoms. The van der Waals surface area contributed by atoms with E-state index in [0.29, 0.717) is 5.56 Å². The Morgan fingerprint density at radius 1 is 1.23 bits per heavy atom. The van der Waals surface area contributed by atoms with E-state index in [4.69, 9.17) is 0 Å². The standard InChI is InChI=1S/C15H12BrN3O3/c16-13-7-5-11(6-8-13)10-17-18-15(20)9-12-3-1-2-4-14(12)19(21)22/h1-8,10H,9H2,(H,18,20). The highest BCUT2D eigenvalue weighted by atomic mass is 79.9. The number of benzene rings is 2. The van der Waals surface area contributed by atoms with Gasteiger partial charge >= 0.3 is 0 Å². The molecule has 0 saturated carbocycles. The highest BCUT2D eigenvalue weighted by Crippen LogP contribution is 2.17. The topological polar surface area (TPSA) is 84.6 Å². The fraction of sp³-hybridized carbons (Fsp3) is 0.0667. The molecule has 2 aromatic carbocycles. The molecule has 0 aliphatic rings. The van der Waals surface area contributed by atoms with Gasteiger partial charge in [-0.25, -0.2) is 5.43 Å². The van der Waals surface area contributed by atoms with Gasteiger partial charge in [-0.15, -0.1) is 0 Å². The summed E-state index contributed by atoms with van der Waals surface area (Å²) >= 11 is 3.32. The third-order valence-electron chi connectivity index (χ3n) is 2.81. The molecular weight excluding hydrogens is 350 g/mol. The zero-order valence-corrected chi connectivity index (χ0v) is 13.0. The van der Waals surface area contributed by atoms with Gasteiger partial charge in [0.1, 0.15) is 0 Å². The predicted octanol–water partition coefficient (Wildman–Crippen LogP) is 3.05. The van der Waals surface area contributed by atoms with E-state index in [2.05, 4.69) is 26.5 Å². The third kappa shape index (κ3) is 4.49. The van der Waals surface area contributed by atoms with E-state index < -0.39 is 10.8 Å². The maximum atomic E-state index is 11.8. The Hall–Kier alpha value is -2.54. The first-order chi connectivity index (χ1) is 10.6. The summed E-state index contributed by atoms with van der Waals surface area (Å²) in [5.74, 6) is -0.414. The van der Waals surface area contributed by atoms with Gasteiger partial charge in [0.05, 0.1) is 17.6 Å². The number of carbonyl (C=O) groups is 1. The fourth-order valence-corrected chi connectivity index (χ4v) is 2.04. The summed E-state index contributed by atoms with van der Waals surface area (Å²) in [5.41, 5.74) is 3.46. The van der Waals surface area contributed by atoms with Gasteiger partial charge in [-0.1, -0.05) is 46.3 Å². The molecule has 1 amide bonds. The van der Waals surface area contributed by atoms with Gasteiger partial charge in [-0.2, -0.15) is 5.10 Å². The minimum absolute atomic E-state index is 0.0745. The lowest BCUT2D eigenvalue weighted by Crippen LogP contribution is -2.20. The van der Waals surface area contributed by atoms with Gasteiger partial charge in [0.2, 0.25) is 5.91 Å². The molecule has 1 N–H and O–H groups in total. The first kappa shape index (κ1) is 15.8. The van der Waals surface area contributed by atoms with Crippen LogP contribution in [0.2, 0.25) is 0 Å². The van der Waals surface area contributed by atoms with Crippen molar-refractivity contribution >= 4 is 33.7 Å². The van der Waals surface area contributed by atoms with Crippen LogP contribution in [-0.4, -0.2) is 17.0 Å². The quantitative estimate of drug-likeness (QED) is 0.504. The molecule has 0 bridgehead atoms. The van der Waals surface area contributed by atoms with Crippen molar-refractivity contribution in [3.8, 4) is 0 Å². The van der Waals surface area contributed by atoms with Crippen molar-refractivity contribution < 1.29 is 9.72 Å². The summed E-state index contributed by atoms with van der Waals surface area (Å²) in [6.45, 7) is 0. The number of nitrogens with one attached hydrogen (secondary N) is 1. The number of carbonyl (C=O) groups excluding carboxylic acids is 1. The van der Waals surface area contributed by atoms with Gasteiger partial charge < -0.3 is 0 Å². The summed E-state index contributed by atoms with van der Waals surface area (Å²) in [5, 5.41) is 14.7. The molecule has 0 saturated heterocycles. The van der Waals surface area contributed by atoms with Crippen molar-refractivity contribution in [1.29, 1.82) is 0 Å². The molecule has 0 spiro atoms. The summed E-state index contributed by atoms with van der Waals surface area (Å²) in [6.07, 6.45) is 1.40. The van der Waals surface area contributed by atoms with Crippen molar-refractivity contribution in [2.75, 3.05) is 0 Å². The number of nitrogens with zero attached hydrogens (tertiary/aromatic N) is 2. The number of rotatable bonds is 5.